The summed E-state index contributed by atoms with van der Waals surface area (Å²) in [5.74, 6) is -1.53. The minimum Gasteiger partial charge on any atom is -0.465 e. The van der Waals surface area contributed by atoms with Crippen molar-refractivity contribution in [2.24, 2.45) is 5.92 Å². The van der Waals surface area contributed by atoms with Crippen molar-refractivity contribution >= 4 is 21.6 Å². The molecule has 104 valence electrons. The van der Waals surface area contributed by atoms with Gasteiger partial charge in [-0.05, 0) is 18.9 Å². The summed E-state index contributed by atoms with van der Waals surface area (Å²) in [5.41, 5.74) is 1.18. The van der Waals surface area contributed by atoms with Crippen LogP contribution >= 0.6 is 0 Å². The highest BCUT2D eigenvalue weighted by Gasteiger charge is 2.39. The minimum absolute atomic E-state index is 0.213. The first-order valence-electron chi connectivity index (χ1n) is 6.15. The van der Waals surface area contributed by atoms with Crippen LogP contribution in [0.2, 0.25) is 0 Å². The normalized spacial score (nSPS) is 25.7. The molecule has 0 N–H and O–H groups in total. The Morgan fingerprint density at radius 3 is 2.68 bits per heavy atom. The van der Waals surface area contributed by atoms with Gasteiger partial charge in [0.1, 0.15) is 11.5 Å². The van der Waals surface area contributed by atoms with E-state index in [0.29, 0.717) is 18.4 Å². The number of Topliss-reactive ketones (excluding diaryl/α,β-unsaturated/α-hetero) is 1. The van der Waals surface area contributed by atoms with Crippen LogP contribution in [0.25, 0.3) is 0 Å². The fraction of sp³-hybridized carbons (Fsp3) is 0.538. The summed E-state index contributed by atoms with van der Waals surface area (Å²) in [5, 5.41) is 0. The number of ether oxygens (including phenoxy) is 1. The van der Waals surface area contributed by atoms with Crippen molar-refractivity contribution in [2.45, 2.75) is 26.2 Å². The lowest BCUT2D eigenvalue weighted by molar-refractivity contribution is -0.135. The molecule has 1 heterocycles. The van der Waals surface area contributed by atoms with E-state index in [9.17, 15) is 18.0 Å². The van der Waals surface area contributed by atoms with E-state index in [1.54, 1.807) is 0 Å². The van der Waals surface area contributed by atoms with Crippen LogP contribution in [0.5, 0.6) is 0 Å². The molecular formula is C13H16O5S. The van der Waals surface area contributed by atoms with Crippen molar-refractivity contribution in [1.29, 1.82) is 0 Å². The number of esters is 1. The largest absolute Gasteiger partial charge is 0.465 e. The van der Waals surface area contributed by atoms with E-state index in [0.717, 1.165) is 5.57 Å². The molecule has 0 saturated carbocycles. The molecule has 1 saturated heterocycles. The van der Waals surface area contributed by atoms with Gasteiger partial charge in [-0.3, -0.25) is 4.79 Å². The summed E-state index contributed by atoms with van der Waals surface area (Å²) in [6.45, 7) is 1.90. The molecule has 2 aliphatic rings. The molecule has 0 aromatic rings. The molecule has 1 atom stereocenters. The van der Waals surface area contributed by atoms with Crippen molar-refractivity contribution in [3.8, 4) is 0 Å². The molecular weight excluding hydrogens is 268 g/mol. The van der Waals surface area contributed by atoms with Crippen molar-refractivity contribution < 1.29 is 22.7 Å². The van der Waals surface area contributed by atoms with Gasteiger partial charge in [-0.2, -0.15) is 0 Å². The Bertz CT molecular complexity index is 595. The number of carbonyl (C=O) groups excluding carboxylic acids is 2. The molecule has 0 radical (unpaired) electrons. The zero-order valence-corrected chi connectivity index (χ0v) is 11.7. The summed E-state index contributed by atoms with van der Waals surface area (Å²) in [6.07, 6.45) is 2.72. The Kier molecular flexibility index (Phi) is 3.62. The molecule has 1 aliphatic carbocycles. The Balaban J connectivity index is 2.52. The van der Waals surface area contributed by atoms with Gasteiger partial charge in [-0.25, -0.2) is 13.2 Å². The van der Waals surface area contributed by atoms with Gasteiger partial charge in [0.25, 0.3) is 0 Å². The number of ketones is 1. The molecule has 2 rings (SSSR count). The Labute approximate surface area is 112 Å². The minimum atomic E-state index is -3.57. The SMILES string of the molecule is CCC1=C(C(=O)OC)C=C2C(CC(=O)CS2(=O)=O)C1. The zero-order valence-electron chi connectivity index (χ0n) is 10.9. The van der Waals surface area contributed by atoms with Crippen LogP contribution in [0.15, 0.2) is 22.1 Å². The lowest BCUT2D eigenvalue weighted by Crippen LogP contribution is -2.33. The molecule has 1 fully saturated rings. The second-order valence-electron chi connectivity index (χ2n) is 4.81. The maximum absolute atomic E-state index is 12.0. The average molecular weight is 284 g/mol. The number of hydrogen-bond acceptors (Lipinski definition) is 5. The van der Waals surface area contributed by atoms with Gasteiger partial charge < -0.3 is 4.74 Å². The van der Waals surface area contributed by atoms with Crippen LogP contribution in [0.3, 0.4) is 0 Å². The van der Waals surface area contributed by atoms with Gasteiger partial charge in [0.05, 0.1) is 12.7 Å². The summed E-state index contributed by atoms with van der Waals surface area (Å²) >= 11 is 0. The molecule has 6 heteroatoms. The molecule has 0 aromatic heterocycles. The predicted molar refractivity (Wildman–Crippen MR) is 68.9 cm³/mol. The number of rotatable bonds is 2. The third kappa shape index (κ3) is 2.49. The van der Waals surface area contributed by atoms with Crippen LogP contribution in [-0.4, -0.2) is 33.0 Å². The second kappa shape index (κ2) is 4.92. The van der Waals surface area contributed by atoms with Crippen LogP contribution in [0.4, 0.5) is 0 Å². The van der Waals surface area contributed by atoms with Gasteiger partial charge in [0, 0.05) is 17.2 Å². The molecule has 19 heavy (non-hydrogen) atoms. The number of sulfone groups is 1. The first kappa shape index (κ1) is 14.0. The fourth-order valence-electron chi connectivity index (χ4n) is 2.66. The number of carbonyl (C=O) groups is 2. The topological polar surface area (TPSA) is 77.5 Å². The molecule has 5 nitrogen and oxygen atoms in total. The standard InChI is InChI=1S/C13H16O5S/c1-3-8-4-9-5-10(14)7-19(16,17)12(9)6-11(8)13(15)18-2/h6,9H,3-5,7H2,1-2H3. The van der Waals surface area contributed by atoms with Gasteiger partial charge in [-0.15, -0.1) is 0 Å². The first-order valence-corrected chi connectivity index (χ1v) is 7.80. The van der Waals surface area contributed by atoms with Crippen molar-refractivity contribution in [3.63, 3.8) is 0 Å². The van der Waals surface area contributed by atoms with E-state index < -0.39 is 21.6 Å². The van der Waals surface area contributed by atoms with Crippen molar-refractivity contribution in [2.75, 3.05) is 12.9 Å². The lowest BCUT2D eigenvalue weighted by atomic mass is 9.85. The van der Waals surface area contributed by atoms with E-state index in [2.05, 4.69) is 4.74 Å². The number of hydrogen-bond donors (Lipinski definition) is 0. The number of allylic oxidation sites excluding steroid dienone is 2. The Morgan fingerprint density at radius 2 is 2.11 bits per heavy atom. The highest BCUT2D eigenvalue weighted by atomic mass is 32.2. The number of fused-ring (bicyclic) bond motifs is 1. The highest BCUT2D eigenvalue weighted by molar-refractivity contribution is 7.96. The predicted octanol–water partition coefficient (Wildman–Crippen LogP) is 1.16. The summed E-state index contributed by atoms with van der Waals surface area (Å²) in [4.78, 5) is 23.4. The van der Waals surface area contributed by atoms with Gasteiger partial charge in [0.15, 0.2) is 9.84 Å². The van der Waals surface area contributed by atoms with Gasteiger partial charge in [-0.1, -0.05) is 12.5 Å². The quantitative estimate of drug-likeness (QED) is 0.711. The summed E-state index contributed by atoms with van der Waals surface area (Å²) < 4.78 is 28.7. The third-order valence-corrected chi connectivity index (χ3v) is 5.45. The lowest BCUT2D eigenvalue weighted by Gasteiger charge is -2.29. The van der Waals surface area contributed by atoms with Crippen LogP contribution < -0.4 is 0 Å². The Morgan fingerprint density at radius 1 is 1.42 bits per heavy atom. The monoisotopic (exact) mass is 284 g/mol. The van der Waals surface area contributed by atoms with Crippen LogP contribution in [0.1, 0.15) is 26.2 Å². The maximum Gasteiger partial charge on any atom is 0.337 e. The van der Waals surface area contributed by atoms with E-state index in [-0.39, 0.29) is 23.0 Å². The van der Waals surface area contributed by atoms with E-state index in [4.69, 9.17) is 0 Å². The molecule has 0 bridgehead atoms. The second-order valence-corrected chi connectivity index (χ2v) is 6.80. The van der Waals surface area contributed by atoms with Crippen LogP contribution in [-0.2, 0) is 24.2 Å². The molecule has 1 aliphatic heterocycles. The molecule has 1 unspecified atom stereocenters. The van der Waals surface area contributed by atoms with E-state index >= 15 is 0 Å². The smallest absolute Gasteiger partial charge is 0.337 e. The summed E-state index contributed by atoms with van der Waals surface area (Å²) in [6, 6.07) is 0. The van der Waals surface area contributed by atoms with Gasteiger partial charge in [0.2, 0.25) is 0 Å². The van der Waals surface area contributed by atoms with E-state index in [1.165, 1.54) is 13.2 Å². The average Bonchev–Trinajstić information content (AvgIpc) is 2.35. The molecule has 0 amide bonds. The Hall–Kier alpha value is -1.43. The fourth-order valence-corrected chi connectivity index (χ4v) is 4.34. The number of methoxy groups -OCH3 is 1. The van der Waals surface area contributed by atoms with Crippen molar-refractivity contribution in [3.05, 3.63) is 22.1 Å². The molecule has 0 aromatic carbocycles. The van der Waals surface area contributed by atoms with Crippen LogP contribution in [0, 0.1) is 5.92 Å². The first-order chi connectivity index (χ1) is 8.89. The van der Waals surface area contributed by atoms with Crippen molar-refractivity contribution in [1.82, 2.24) is 0 Å². The maximum atomic E-state index is 12.0. The van der Waals surface area contributed by atoms with E-state index in [1.807, 2.05) is 6.92 Å². The zero-order chi connectivity index (χ0) is 14.2. The highest BCUT2D eigenvalue weighted by Crippen LogP contribution is 2.39. The van der Waals surface area contributed by atoms with Gasteiger partial charge >= 0.3 is 5.97 Å². The summed E-state index contributed by atoms with van der Waals surface area (Å²) in [7, 11) is -2.30. The molecule has 0 spiro atoms. The third-order valence-electron chi connectivity index (χ3n) is 3.58.